The smallest absolute Gasteiger partial charge is 0.231 e. The Kier molecular flexibility index (Phi) is 6.00. The first kappa shape index (κ1) is 14.8. The monoisotopic (exact) mass is 271 g/mol. The molecule has 0 fully saturated rings. The number of hydrogen-bond donors (Lipinski definition) is 2. The minimum atomic E-state index is -0.322. The maximum Gasteiger partial charge on any atom is 0.231 e. The van der Waals surface area contributed by atoms with Gasteiger partial charge in [0.1, 0.15) is 5.01 Å². The van der Waals surface area contributed by atoms with Gasteiger partial charge in [-0.3, -0.25) is 9.69 Å². The predicted molar refractivity (Wildman–Crippen MR) is 73.4 cm³/mol. The van der Waals surface area contributed by atoms with Crippen LogP contribution in [0.4, 0.5) is 5.13 Å². The van der Waals surface area contributed by atoms with Gasteiger partial charge in [-0.05, 0) is 20.3 Å². The topological polar surface area (TPSA) is 84.1 Å². The van der Waals surface area contributed by atoms with Crippen molar-refractivity contribution in [2.24, 2.45) is 5.73 Å². The van der Waals surface area contributed by atoms with E-state index < -0.39 is 0 Å². The molecule has 1 amide bonds. The minimum Gasteiger partial charge on any atom is -0.369 e. The summed E-state index contributed by atoms with van der Waals surface area (Å²) in [6.45, 7) is 7.90. The Balaban J connectivity index is 2.57. The van der Waals surface area contributed by atoms with Gasteiger partial charge in [0, 0.05) is 12.6 Å². The fraction of sp³-hybridized carbons (Fsp3) is 0.727. The van der Waals surface area contributed by atoms with Crippen LogP contribution in [0, 0.1) is 0 Å². The number of nitrogens with two attached hydrogens (primary N) is 1. The van der Waals surface area contributed by atoms with E-state index in [0.717, 1.165) is 23.1 Å². The summed E-state index contributed by atoms with van der Waals surface area (Å²) in [6.07, 6.45) is 1.05. The van der Waals surface area contributed by atoms with Gasteiger partial charge in [0.15, 0.2) is 0 Å². The van der Waals surface area contributed by atoms with Gasteiger partial charge in [0.2, 0.25) is 11.0 Å². The maximum absolute atomic E-state index is 11.0. The third-order valence-corrected chi connectivity index (χ3v) is 3.29. The van der Waals surface area contributed by atoms with Crippen LogP contribution in [0.2, 0.25) is 0 Å². The van der Waals surface area contributed by atoms with Gasteiger partial charge in [0.05, 0.1) is 13.1 Å². The highest BCUT2D eigenvalue weighted by Crippen LogP contribution is 2.17. The number of rotatable bonds is 8. The summed E-state index contributed by atoms with van der Waals surface area (Å²) in [6, 6.07) is 0.244. The van der Waals surface area contributed by atoms with Crippen LogP contribution in [0.1, 0.15) is 32.2 Å². The van der Waals surface area contributed by atoms with Gasteiger partial charge in [-0.25, -0.2) is 0 Å². The van der Waals surface area contributed by atoms with E-state index >= 15 is 0 Å². The molecular weight excluding hydrogens is 250 g/mol. The molecule has 1 aromatic rings. The van der Waals surface area contributed by atoms with E-state index in [1.54, 1.807) is 0 Å². The largest absolute Gasteiger partial charge is 0.369 e. The molecule has 0 spiro atoms. The molecule has 0 aliphatic heterocycles. The number of amides is 1. The number of primary amides is 1. The first-order valence-electron chi connectivity index (χ1n) is 6.11. The standard InChI is InChI=1S/C11H21N5OS/c1-4-5-13-11-15-14-10(18-11)7-16(8(2)3)6-9(12)17/h8H,4-7H2,1-3H3,(H2,12,17)(H,13,15). The molecule has 0 bridgehead atoms. The van der Waals surface area contributed by atoms with E-state index in [-0.39, 0.29) is 18.5 Å². The van der Waals surface area contributed by atoms with Gasteiger partial charge in [0.25, 0.3) is 0 Å². The van der Waals surface area contributed by atoms with Crippen molar-refractivity contribution in [1.82, 2.24) is 15.1 Å². The first-order chi connectivity index (χ1) is 8.52. The summed E-state index contributed by atoms with van der Waals surface area (Å²) >= 11 is 1.52. The van der Waals surface area contributed by atoms with Gasteiger partial charge in [-0.15, -0.1) is 10.2 Å². The molecule has 1 rings (SSSR count). The Morgan fingerprint density at radius 3 is 2.78 bits per heavy atom. The average molecular weight is 271 g/mol. The van der Waals surface area contributed by atoms with Crippen molar-refractivity contribution < 1.29 is 4.79 Å². The maximum atomic E-state index is 11.0. The fourth-order valence-electron chi connectivity index (χ4n) is 1.42. The lowest BCUT2D eigenvalue weighted by Crippen LogP contribution is -2.37. The summed E-state index contributed by atoms with van der Waals surface area (Å²) in [5, 5.41) is 13.1. The van der Waals surface area contributed by atoms with Crippen LogP contribution < -0.4 is 11.1 Å². The molecule has 0 unspecified atom stereocenters. The third kappa shape index (κ3) is 4.97. The molecular formula is C11H21N5OS. The molecule has 0 aliphatic rings. The van der Waals surface area contributed by atoms with Crippen molar-refractivity contribution in [2.45, 2.75) is 39.8 Å². The Labute approximate surface area is 112 Å². The predicted octanol–water partition coefficient (Wildman–Crippen LogP) is 1.06. The van der Waals surface area contributed by atoms with Crippen molar-refractivity contribution >= 4 is 22.4 Å². The number of carbonyl (C=O) groups is 1. The van der Waals surface area contributed by atoms with E-state index in [1.807, 2.05) is 18.7 Å². The fourth-order valence-corrected chi connectivity index (χ4v) is 2.21. The normalized spacial score (nSPS) is 11.2. The van der Waals surface area contributed by atoms with Crippen LogP contribution >= 0.6 is 11.3 Å². The number of anilines is 1. The van der Waals surface area contributed by atoms with Gasteiger partial charge in [-0.1, -0.05) is 18.3 Å². The zero-order chi connectivity index (χ0) is 13.5. The molecule has 0 saturated carbocycles. The van der Waals surface area contributed by atoms with E-state index in [4.69, 9.17) is 5.73 Å². The Hall–Kier alpha value is -1.21. The highest BCUT2D eigenvalue weighted by Gasteiger charge is 2.15. The summed E-state index contributed by atoms with van der Waals surface area (Å²) in [5.41, 5.74) is 5.23. The zero-order valence-electron chi connectivity index (χ0n) is 11.1. The number of hydrogen-bond acceptors (Lipinski definition) is 6. The zero-order valence-corrected chi connectivity index (χ0v) is 12.0. The van der Waals surface area contributed by atoms with Crippen molar-refractivity contribution in [3.8, 4) is 0 Å². The van der Waals surface area contributed by atoms with Gasteiger partial charge >= 0.3 is 0 Å². The van der Waals surface area contributed by atoms with Crippen LogP contribution in [0.25, 0.3) is 0 Å². The van der Waals surface area contributed by atoms with E-state index in [1.165, 1.54) is 11.3 Å². The first-order valence-corrected chi connectivity index (χ1v) is 6.93. The SMILES string of the molecule is CCCNc1nnc(CN(CC(N)=O)C(C)C)s1. The van der Waals surface area contributed by atoms with Crippen molar-refractivity contribution in [2.75, 3.05) is 18.4 Å². The van der Waals surface area contributed by atoms with Crippen molar-refractivity contribution in [3.63, 3.8) is 0 Å². The van der Waals surface area contributed by atoms with Crippen molar-refractivity contribution in [1.29, 1.82) is 0 Å². The minimum absolute atomic E-state index is 0.244. The molecule has 18 heavy (non-hydrogen) atoms. The van der Waals surface area contributed by atoms with E-state index in [0.29, 0.717) is 6.54 Å². The molecule has 1 heterocycles. The quantitative estimate of drug-likeness (QED) is 0.738. The van der Waals surface area contributed by atoms with Gasteiger partial charge < -0.3 is 11.1 Å². The molecule has 6 nitrogen and oxygen atoms in total. The second kappa shape index (κ2) is 7.27. The van der Waals surface area contributed by atoms with Crippen LogP contribution in [0.3, 0.4) is 0 Å². The molecule has 0 aliphatic carbocycles. The third-order valence-electron chi connectivity index (χ3n) is 2.42. The van der Waals surface area contributed by atoms with E-state index in [9.17, 15) is 4.79 Å². The van der Waals surface area contributed by atoms with E-state index in [2.05, 4.69) is 22.4 Å². The van der Waals surface area contributed by atoms with Crippen molar-refractivity contribution in [3.05, 3.63) is 5.01 Å². The van der Waals surface area contributed by atoms with Crippen LogP contribution in [-0.2, 0) is 11.3 Å². The molecule has 7 heteroatoms. The van der Waals surface area contributed by atoms with Crippen LogP contribution in [0.5, 0.6) is 0 Å². The lowest BCUT2D eigenvalue weighted by Gasteiger charge is -2.23. The summed E-state index contributed by atoms with van der Waals surface area (Å²) in [5.74, 6) is -0.322. The number of nitrogens with zero attached hydrogens (tertiary/aromatic N) is 3. The lowest BCUT2D eigenvalue weighted by molar-refractivity contribution is -0.119. The number of aromatic nitrogens is 2. The summed E-state index contributed by atoms with van der Waals surface area (Å²) < 4.78 is 0. The molecule has 102 valence electrons. The lowest BCUT2D eigenvalue weighted by atomic mass is 10.3. The molecule has 0 radical (unpaired) electrons. The molecule has 3 N–H and O–H groups in total. The Morgan fingerprint density at radius 1 is 1.50 bits per heavy atom. The second-order valence-electron chi connectivity index (χ2n) is 4.39. The highest BCUT2D eigenvalue weighted by atomic mass is 32.1. The summed E-state index contributed by atoms with van der Waals surface area (Å²) in [4.78, 5) is 13.0. The van der Waals surface area contributed by atoms with Gasteiger partial charge in [-0.2, -0.15) is 0 Å². The molecule has 0 atom stereocenters. The Bertz CT molecular complexity index is 379. The highest BCUT2D eigenvalue weighted by molar-refractivity contribution is 7.15. The van der Waals surface area contributed by atoms with Crippen LogP contribution in [-0.4, -0.2) is 40.1 Å². The average Bonchev–Trinajstić information content (AvgIpc) is 2.72. The molecule has 0 saturated heterocycles. The molecule has 0 aromatic carbocycles. The Morgan fingerprint density at radius 2 is 2.22 bits per heavy atom. The summed E-state index contributed by atoms with van der Waals surface area (Å²) in [7, 11) is 0. The number of nitrogens with one attached hydrogen (secondary N) is 1. The number of carbonyl (C=O) groups excluding carboxylic acids is 1. The van der Waals surface area contributed by atoms with Crippen LogP contribution in [0.15, 0.2) is 0 Å². The molecule has 1 aromatic heterocycles. The second-order valence-corrected chi connectivity index (χ2v) is 5.45.